The molecule has 0 unspecified atom stereocenters. The van der Waals surface area contributed by atoms with E-state index in [1.54, 1.807) is 0 Å². The fraction of sp³-hybridized carbons (Fsp3) is 0.609. The van der Waals surface area contributed by atoms with Crippen LogP contribution in [-0.2, 0) is 14.0 Å². The summed E-state index contributed by atoms with van der Waals surface area (Å²) in [5.41, 5.74) is 1.71. The molecule has 1 heterocycles. The van der Waals surface area contributed by atoms with Crippen molar-refractivity contribution in [2.45, 2.75) is 85.0 Å². The normalized spacial score (nSPS) is 18.8. The van der Waals surface area contributed by atoms with Crippen molar-refractivity contribution in [1.82, 2.24) is 5.32 Å². The van der Waals surface area contributed by atoms with Crippen LogP contribution >= 0.6 is 0 Å². The molecular weight excluding hydrogens is 365 g/mol. The highest BCUT2D eigenvalue weighted by atomic mass is 16.7. The van der Waals surface area contributed by atoms with E-state index in [0.29, 0.717) is 5.92 Å². The van der Waals surface area contributed by atoms with Crippen molar-refractivity contribution in [2.24, 2.45) is 0 Å². The first-order valence-corrected chi connectivity index (χ1v) is 10.3. The van der Waals surface area contributed by atoms with E-state index in [4.69, 9.17) is 14.0 Å². The summed E-state index contributed by atoms with van der Waals surface area (Å²) in [6.45, 7) is 18.2. The molecule has 1 aliphatic heterocycles. The lowest BCUT2D eigenvalue weighted by Crippen LogP contribution is -2.41. The molecule has 6 heteroatoms. The molecule has 29 heavy (non-hydrogen) atoms. The lowest BCUT2D eigenvalue weighted by Gasteiger charge is -2.32. The predicted molar refractivity (Wildman–Crippen MR) is 119 cm³/mol. The van der Waals surface area contributed by atoms with Crippen molar-refractivity contribution >= 4 is 19.3 Å². The molecule has 1 fully saturated rings. The molecule has 1 N–H and O–H groups in total. The van der Waals surface area contributed by atoms with Gasteiger partial charge in [0.2, 0.25) is 0 Å². The Morgan fingerprint density at radius 2 is 1.69 bits per heavy atom. The van der Waals surface area contributed by atoms with Gasteiger partial charge in [0.05, 0.1) is 11.2 Å². The van der Waals surface area contributed by atoms with Crippen LogP contribution in [0, 0.1) is 0 Å². The van der Waals surface area contributed by atoms with Crippen molar-refractivity contribution in [3.05, 3.63) is 40.9 Å². The van der Waals surface area contributed by atoms with Gasteiger partial charge in [-0.15, -0.1) is 0 Å². The first kappa shape index (κ1) is 23.5. The number of carbonyl (C=O) groups excluding carboxylic acids is 1. The minimum absolute atomic E-state index is 0.276. The van der Waals surface area contributed by atoms with E-state index >= 15 is 0 Å². The van der Waals surface area contributed by atoms with Crippen molar-refractivity contribution in [3.63, 3.8) is 0 Å². The number of amides is 1. The molecule has 0 spiro atoms. The van der Waals surface area contributed by atoms with Crippen LogP contribution in [0.1, 0.15) is 79.4 Å². The molecule has 0 saturated carbocycles. The fourth-order valence-corrected chi connectivity index (χ4v) is 3.05. The Labute approximate surface area is 176 Å². The van der Waals surface area contributed by atoms with Gasteiger partial charge < -0.3 is 19.4 Å². The van der Waals surface area contributed by atoms with E-state index in [-0.39, 0.29) is 6.54 Å². The number of rotatable bonds is 5. The summed E-state index contributed by atoms with van der Waals surface area (Å²) < 4.78 is 17.9. The zero-order chi connectivity index (χ0) is 22.0. The Morgan fingerprint density at radius 3 is 2.21 bits per heavy atom. The van der Waals surface area contributed by atoms with Gasteiger partial charge in [0.15, 0.2) is 0 Å². The fourth-order valence-electron chi connectivity index (χ4n) is 3.05. The first-order valence-electron chi connectivity index (χ1n) is 10.3. The van der Waals surface area contributed by atoms with Crippen LogP contribution in [0.25, 0.3) is 6.08 Å². The quantitative estimate of drug-likeness (QED) is 0.676. The average molecular weight is 401 g/mol. The van der Waals surface area contributed by atoms with E-state index in [9.17, 15) is 4.79 Å². The maximum absolute atomic E-state index is 12.2. The largest absolute Gasteiger partial charge is 0.492 e. The smallest absolute Gasteiger partial charge is 0.444 e. The third kappa shape index (κ3) is 6.10. The standard InChI is InChI=1S/C23H36BNO4/c1-16(2)19-13-11-10-12-17(19)14-18(15-25-20(26)27-21(3,4)5)24-28-22(6,7)23(8,9)29-24/h10-14,16H,15H2,1-9H3,(H,25,26). The Hall–Kier alpha value is -1.79. The summed E-state index contributed by atoms with van der Waals surface area (Å²) in [5.74, 6) is 0.376. The number of alkyl carbamates (subject to hydrolysis) is 1. The van der Waals surface area contributed by atoms with Gasteiger partial charge in [-0.05, 0) is 71.0 Å². The van der Waals surface area contributed by atoms with Crippen molar-refractivity contribution < 1.29 is 18.8 Å². The molecule has 0 aliphatic carbocycles. The molecule has 2 rings (SSSR count). The molecule has 1 amide bonds. The zero-order valence-electron chi connectivity index (χ0n) is 19.4. The number of nitrogens with one attached hydrogen (secondary N) is 1. The second-order valence-electron chi connectivity index (χ2n) is 9.95. The first-order chi connectivity index (χ1) is 13.2. The van der Waals surface area contributed by atoms with Crippen molar-refractivity contribution in [1.29, 1.82) is 0 Å². The van der Waals surface area contributed by atoms with Crippen LogP contribution in [-0.4, -0.2) is 36.6 Å². The Bertz CT molecular complexity index is 746. The second kappa shape index (κ2) is 8.53. The van der Waals surface area contributed by atoms with Gasteiger partial charge in [-0.3, -0.25) is 0 Å². The third-order valence-electron chi connectivity index (χ3n) is 5.35. The molecule has 1 aromatic rings. The topological polar surface area (TPSA) is 56.8 Å². The van der Waals surface area contributed by atoms with E-state index in [1.165, 1.54) is 5.56 Å². The minimum atomic E-state index is -0.553. The van der Waals surface area contributed by atoms with Crippen LogP contribution < -0.4 is 5.32 Å². The predicted octanol–water partition coefficient (Wildman–Crippen LogP) is 5.35. The van der Waals surface area contributed by atoms with Gasteiger partial charge in [0.25, 0.3) is 0 Å². The van der Waals surface area contributed by atoms with Crippen LogP contribution in [0.15, 0.2) is 29.7 Å². The average Bonchev–Trinajstić information content (AvgIpc) is 2.77. The number of carbonyl (C=O) groups is 1. The third-order valence-corrected chi connectivity index (χ3v) is 5.35. The Kier molecular flexibility index (Phi) is 6.91. The Balaban J connectivity index is 2.33. The van der Waals surface area contributed by atoms with Gasteiger partial charge in [0.1, 0.15) is 5.60 Å². The van der Waals surface area contributed by atoms with Gasteiger partial charge in [-0.2, -0.15) is 0 Å². The van der Waals surface area contributed by atoms with Crippen LogP contribution in [0.4, 0.5) is 4.79 Å². The van der Waals surface area contributed by atoms with Crippen molar-refractivity contribution in [2.75, 3.05) is 6.54 Å². The van der Waals surface area contributed by atoms with Gasteiger partial charge in [-0.1, -0.05) is 44.2 Å². The van der Waals surface area contributed by atoms with Crippen LogP contribution in [0.3, 0.4) is 0 Å². The Morgan fingerprint density at radius 1 is 1.14 bits per heavy atom. The highest BCUT2D eigenvalue weighted by molar-refractivity contribution is 6.56. The number of hydrogen-bond acceptors (Lipinski definition) is 4. The molecular formula is C23H36BNO4. The number of ether oxygens (including phenoxy) is 1. The van der Waals surface area contributed by atoms with E-state index in [0.717, 1.165) is 11.0 Å². The number of hydrogen-bond donors (Lipinski definition) is 1. The van der Waals surface area contributed by atoms with Crippen molar-refractivity contribution in [3.8, 4) is 0 Å². The van der Waals surface area contributed by atoms with Crippen LogP contribution in [0.2, 0.25) is 0 Å². The van der Waals surface area contributed by atoms with E-state index in [2.05, 4.69) is 37.4 Å². The second-order valence-corrected chi connectivity index (χ2v) is 9.95. The van der Waals surface area contributed by atoms with Crippen LogP contribution in [0.5, 0.6) is 0 Å². The maximum atomic E-state index is 12.2. The summed E-state index contributed by atoms with van der Waals surface area (Å²) in [5, 5.41) is 2.85. The SMILES string of the molecule is CC(C)c1ccccc1C=C(CNC(=O)OC(C)(C)C)B1OC(C)(C)C(C)(C)O1. The summed E-state index contributed by atoms with van der Waals surface area (Å²) in [6, 6.07) is 8.26. The molecule has 5 nitrogen and oxygen atoms in total. The lowest BCUT2D eigenvalue weighted by atomic mass is 9.76. The highest BCUT2D eigenvalue weighted by Crippen LogP contribution is 2.39. The van der Waals surface area contributed by atoms with E-state index < -0.39 is 30.0 Å². The van der Waals surface area contributed by atoms with Gasteiger partial charge in [-0.25, -0.2) is 4.79 Å². The zero-order valence-corrected chi connectivity index (χ0v) is 19.4. The minimum Gasteiger partial charge on any atom is -0.444 e. The van der Waals surface area contributed by atoms with E-state index in [1.807, 2.05) is 60.6 Å². The lowest BCUT2D eigenvalue weighted by molar-refractivity contribution is 0.00578. The molecule has 0 radical (unpaired) electrons. The summed E-state index contributed by atoms with van der Waals surface area (Å²) in [6.07, 6.45) is 1.60. The molecule has 0 bridgehead atoms. The molecule has 0 aromatic heterocycles. The maximum Gasteiger partial charge on any atom is 0.492 e. The highest BCUT2D eigenvalue weighted by Gasteiger charge is 2.52. The molecule has 1 aliphatic rings. The van der Waals surface area contributed by atoms with Gasteiger partial charge in [0, 0.05) is 6.54 Å². The summed E-state index contributed by atoms with van der Waals surface area (Å²) in [7, 11) is -0.546. The summed E-state index contributed by atoms with van der Waals surface area (Å²) >= 11 is 0. The molecule has 1 aromatic carbocycles. The number of benzene rings is 1. The molecule has 0 atom stereocenters. The van der Waals surface area contributed by atoms with Gasteiger partial charge >= 0.3 is 13.2 Å². The molecule has 1 saturated heterocycles. The molecule has 160 valence electrons. The monoisotopic (exact) mass is 401 g/mol. The summed E-state index contributed by atoms with van der Waals surface area (Å²) in [4.78, 5) is 12.2.